The lowest BCUT2D eigenvalue weighted by molar-refractivity contribution is 0.104. The van der Waals surface area contributed by atoms with E-state index in [4.69, 9.17) is 67.2 Å². The van der Waals surface area contributed by atoms with Crippen molar-refractivity contribution in [2.45, 2.75) is 6.61 Å². The Morgan fingerprint density at radius 3 is 2.10 bits per heavy atom. The minimum Gasteiger partial charge on any atom is -0.482 e. The van der Waals surface area contributed by atoms with Crippen molar-refractivity contribution in [3.8, 4) is 5.75 Å². The first-order valence-electron chi connectivity index (χ1n) is 7.99. The van der Waals surface area contributed by atoms with Crippen molar-refractivity contribution in [1.82, 2.24) is 0 Å². The summed E-state index contributed by atoms with van der Waals surface area (Å²) >= 11 is 33.6. The fourth-order valence-electron chi connectivity index (χ4n) is 2.28. The van der Waals surface area contributed by atoms with E-state index in [1.54, 1.807) is 42.5 Å². The van der Waals surface area contributed by atoms with Crippen molar-refractivity contribution >= 4 is 85.8 Å². The number of carbonyl (C=O) groups is 1. The Morgan fingerprint density at radius 1 is 0.897 bits per heavy atom. The Balaban J connectivity index is 1.68. The molecular weight excluding hydrogens is 545 g/mol. The molecule has 0 spiro atoms. The number of hydrogen-bond acceptors (Lipinski definition) is 3. The standard InChI is InChI=1S/C20H10BrCl5O3/c21-11-3-1-10(2-4-11)14(27)8-7-12-5-6-13(29-12)9-28-20-18(25)16(23)15(22)17(24)19(20)26/h1-8H,9H2/b8-7+. The van der Waals surface area contributed by atoms with Gasteiger partial charge in [-0.1, -0.05) is 73.9 Å². The minimum atomic E-state index is -0.143. The second kappa shape index (κ2) is 9.78. The van der Waals surface area contributed by atoms with Gasteiger partial charge in [-0.15, -0.1) is 0 Å². The molecule has 0 aliphatic heterocycles. The van der Waals surface area contributed by atoms with Gasteiger partial charge in [0.05, 0.1) is 15.1 Å². The molecule has 0 fully saturated rings. The van der Waals surface area contributed by atoms with Gasteiger partial charge >= 0.3 is 0 Å². The topological polar surface area (TPSA) is 39.4 Å². The van der Waals surface area contributed by atoms with Crippen LogP contribution in [0.5, 0.6) is 5.75 Å². The second-order valence-electron chi connectivity index (χ2n) is 5.70. The summed E-state index contributed by atoms with van der Waals surface area (Å²) in [6.45, 7) is 0.0161. The molecule has 1 heterocycles. The number of hydrogen-bond donors (Lipinski definition) is 0. The Bertz CT molecular complexity index is 1060. The largest absolute Gasteiger partial charge is 0.482 e. The summed E-state index contributed by atoms with van der Waals surface area (Å²) in [7, 11) is 0. The molecule has 0 atom stereocenters. The number of ketones is 1. The van der Waals surface area contributed by atoms with E-state index in [2.05, 4.69) is 15.9 Å². The molecule has 29 heavy (non-hydrogen) atoms. The van der Waals surface area contributed by atoms with Gasteiger partial charge in [0.25, 0.3) is 0 Å². The number of benzene rings is 2. The highest BCUT2D eigenvalue weighted by Crippen LogP contribution is 2.48. The fourth-order valence-corrected chi connectivity index (χ4v) is 3.78. The summed E-state index contributed by atoms with van der Waals surface area (Å²) in [4.78, 5) is 12.2. The predicted octanol–water partition coefficient (Wildman–Crippen LogP) is 8.78. The molecule has 0 N–H and O–H groups in total. The molecule has 2 aromatic carbocycles. The molecule has 0 radical (unpaired) electrons. The average molecular weight is 555 g/mol. The normalized spacial score (nSPS) is 11.2. The van der Waals surface area contributed by atoms with E-state index in [9.17, 15) is 4.79 Å². The Kier molecular flexibility index (Phi) is 7.60. The molecule has 0 saturated heterocycles. The van der Waals surface area contributed by atoms with E-state index in [1.807, 2.05) is 0 Å². The molecule has 9 heteroatoms. The summed E-state index contributed by atoms with van der Waals surface area (Å²) in [5.41, 5.74) is 0.570. The molecule has 1 aromatic heterocycles. The van der Waals surface area contributed by atoms with Crippen LogP contribution in [0.1, 0.15) is 21.9 Å². The van der Waals surface area contributed by atoms with Crippen LogP contribution in [0.25, 0.3) is 6.08 Å². The summed E-state index contributed by atoms with van der Waals surface area (Å²) in [5.74, 6) is 0.927. The van der Waals surface area contributed by atoms with Gasteiger partial charge in [-0.05, 0) is 48.6 Å². The summed E-state index contributed by atoms with van der Waals surface area (Å²) in [6, 6.07) is 10.5. The highest BCUT2D eigenvalue weighted by Gasteiger charge is 2.21. The van der Waals surface area contributed by atoms with E-state index in [0.717, 1.165) is 4.47 Å². The summed E-state index contributed by atoms with van der Waals surface area (Å²) in [5, 5.41) is 0.256. The van der Waals surface area contributed by atoms with Gasteiger partial charge in [0, 0.05) is 10.0 Å². The number of furan rings is 1. The van der Waals surface area contributed by atoms with E-state index >= 15 is 0 Å². The first-order chi connectivity index (χ1) is 13.8. The van der Waals surface area contributed by atoms with E-state index in [-0.39, 0.29) is 43.3 Å². The van der Waals surface area contributed by atoms with Crippen molar-refractivity contribution in [1.29, 1.82) is 0 Å². The van der Waals surface area contributed by atoms with E-state index in [1.165, 1.54) is 6.08 Å². The third kappa shape index (κ3) is 5.32. The second-order valence-corrected chi connectivity index (χ2v) is 8.50. The first kappa shape index (κ1) is 22.5. The van der Waals surface area contributed by atoms with Crippen LogP contribution in [0, 0.1) is 0 Å². The maximum atomic E-state index is 12.2. The lowest BCUT2D eigenvalue weighted by atomic mass is 10.1. The molecule has 3 rings (SSSR count). The Morgan fingerprint density at radius 2 is 1.48 bits per heavy atom. The van der Waals surface area contributed by atoms with Gasteiger partial charge in [-0.25, -0.2) is 0 Å². The van der Waals surface area contributed by atoms with Gasteiger partial charge in [0.2, 0.25) is 0 Å². The Hall–Kier alpha value is -1.14. The molecule has 0 saturated carbocycles. The molecule has 3 aromatic rings. The molecule has 0 bridgehead atoms. The van der Waals surface area contributed by atoms with E-state index in [0.29, 0.717) is 17.1 Å². The quantitative estimate of drug-likeness (QED) is 0.132. The third-order valence-electron chi connectivity index (χ3n) is 3.74. The fraction of sp³-hybridized carbons (Fsp3) is 0.0500. The van der Waals surface area contributed by atoms with Crippen LogP contribution in [0.3, 0.4) is 0 Å². The molecule has 150 valence electrons. The lowest BCUT2D eigenvalue weighted by Crippen LogP contribution is -1.96. The zero-order valence-electron chi connectivity index (χ0n) is 14.3. The molecule has 0 unspecified atom stereocenters. The van der Waals surface area contributed by atoms with Crippen LogP contribution >= 0.6 is 73.9 Å². The minimum absolute atomic E-state index is 0.0161. The predicted molar refractivity (Wildman–Crippen MR) is 122 cm³/mol. The zero-order chi connectivity index (χ0) is 21.1. The average Bonchev–Trinajstić information content (AvgIpc) is 3.17. The Labute approximate surface area is 200 Å². The number of carbonyl (C=O) groups excluding carboxylic acids is 1. The van der Waals surface area contributed by atoms with Crippen LogP contribution in [-0.4, -0.2) is 5.78 Å². The number of halogens is 6. The number of rotatable bonds is 6. The lowest BCUT2D eigenvalue weighted by Gasteiger charge is -2.12. The van der Waals surface area contributed by atoms with Crippen molar-refractivity contribution in [3.05, 3.63) is 89.1 Å². The third-order valence-corrected chi connectivity index (χ3v) is 6.51. The van der Waals surface area contributed by atoms with Crippen molar-refractivity contribution in [2.75, 3.05) is 0 Å². The molecule has 0 aliphatic carbocycles. The monoisotopic (exact) mass is 552 g/mol. The van der Waals surface area contributed by atoms with Gasteiger partial charge < -0.3 is 9.15 Å². The van der Waals surface area contributed by atoms with Gasteiger partial charge in [0.15, 0.2) is 11.5 Å². The summed E-state index contributed by atoms with van der Waals surface area (Å²) in [6.07, 6.45) is 3.00. The molecule has 0 aliphatic rings. The zero-order valence-corrected chi connectivity index (χ0v) is 19.7. The highest BCUT2D eigenvalue weighted by molar-refractivity contribution is 9.10. The van der Waals surface area contributed by atoms with Crippen molar-refractivity contribution < 1.29 is 13.9 Å². The summed E-state index contributed by atoms with van der Waals surface area (Å²) < 4.78 is 12.1. The molecule has 3 nitrogen and oxygen atoms in total. The maximum absolute atomic E-state index is 12.2. The molecule has 0 amide bonds. The number of allylic oxidation sites excluding steroid dienone is 1. The molecular formula is C20H10BrCl5O3. The smallest absolute Gasteiger partial charge is 0.185 e. The van der Waals surface area contributed by atoms with Crippen molar-refractivity contribution in [2.24, 2.45) is 0 Å². The highest BCUT2D eigenvalue weighted by atomic mass is 79.9. The van der Waals surface area contributed by atoms with Crippen LogP contribution in [-0.2, 0) is 6.61 Å². The maximum Gasteiger partial charge on any atom is 0.185 e. The van der Waals surface area contributed by atoms with Crippen molar-refractivity contribution in [3.63, 3.8) is 0 Å². The van der Waals surface area contributed by atoms with Gasteiger partial charge in [-0.2, -0.15) is 0 Å². The van der Waals surface area contributed by atoms with Crippen LogP contribution < -0.4 is 4.74 Å². The SMILES string of the molecule is O=C(/C=C/c1ccc(COc2c(Cl)c(Cl)c(Cl)c(Cl)c2Cl)o1)c1ccc(Br)cc1. The van der Waals surface area contributed by atoms with Gasteiger partial charge in [0.1, 0.15) is 28.2 Å². The number of ether oxygens (including phenoxy) is 1. The van der Waals surface area contributed by atoms with E-state index < -0.39 is 0 Å². The van der Waals surface area contributed by atoms with Gasteiger partial charge in [-0.3, -0.25) is 4.79 Å². The first-order valence-corrected chi connectivity index (χ1v) is 10.7. The van der Waals surface area contributed by atoms with Crippen LogP contribution in [0.15, 0.2) is 51.4 Å². The van der Waals surface area contributed by atoms with Crippen LogP contribution in [0.2, 0.25) is 25.1 Å². The van der Waals surface area contributed by atoms with Crippen LogP contribution in [0.4, 0.5) is 0 Å².